The van der Waals surface area contributed by atoms with Gasteiger partial charge in [-0.15, -0.1) is 0 Å². The number of piperazine rings is 1. The van der Waals surface area contributed by atoms with Crippen LogP contribution in [0.2, 0.25) is 0 Å². The molecule has 3 nitrogen and oxygen atoms in total. The first-order valence-corrected chi connectivity index (χ1v) is 4.42. The standard InChI is InChI=1S/C7H12BrN3/c1-7(8)10-6-11-4-2-9-3-5-11/h6,9H,1-5H2/b10-6+. The molecule has 0 aliphatic carbocycles. The molecule has 1 rings (SSSR count). The van der Waals surface area contributed by atoms with Crippen molar-refractivity contribution in [1.82, 2.24) is 10.2 Å². The van der Waals surface area contributed by atoms with Crippen LogP contribution in [0.4, 0.5) is 0 Å². The largest absolute Gasteiger partial charge is 0.360 e. The zero-order valence-corrected chi connectivity index (χ0v) is 7.97. The first-order valence-electron chi connectivity index (χ1n) is 3.62. The van der Waals surface area contributed by atoms with E-state index in [1.54, 1.807) is 0 Å². The Bertz CT molecular complexity index is 161. The number of nitrogens with zero attached hydrogens (tertiary/aromatic N) is 2. The van der Waals surface area contributed by atoms with Gasteiger partial charge in [0.25, 0.3) is 0 Å². The SMILES string of the molecule is C=C(Br)/N=C/N1CCNCC1. The van der Waals surface area contributed by atoms with Crippen molar-refractivity contribution in [2.75, 3.05) is 26.2 Å². The van der Waals surface area contributed by atoms with E-state index in [9.17, 15) is 0 Å². The second-order valence-electron chi connectivity index (χ2n) is 2.41. The van der Waals surface area contributed by atoms with Gasteiger partial charge in [-0.3, -0.25) is 0 Å². The maximum Gasteiger partial charge on any atom is 0.100 e. The molecule has 0 atom stereocenters. The highest BCUT2D eigenvalue weighted by Crippen LogP contribution is 2.00. The molecule has 1 aliphatic rings. The average molecular weight is 218 g/mol. The van der Waals surface area contributed by atoms with E-state index in [-0.39, 0.29) is 0 Å². The molecule has 11 heavy (non-hydrogen) atoms. The molecule has 0 spiro atoms. The monoisotopic (exact) mass is 217 g/mol. The lowest BCUT2D eigenvalue weighted by molar-refractivity contribution is 0.366. The number of hydrogen-bond acceptors (Lipinski definition) is 2. The Morgan fingerprint density at radius 3 is 2.73 bits per heavy atom. The lowest BCUT2D eigenvalue weighted by Crippen LogP contribution is -2.42. The molecular formula is C7H12BrN3. The fourth-order valence-electron chi connectivity index (χ4n) is 0.942. The van der Waals surface area contributed by atoms with Crippen LogP contribution in [0.25, 0.3) is 0 Å². The summed E-state index contributed by atoms with van der Waals surface area (Å²) in [7, 11) is 0. The molecule has 0 aromatic carbocycles. The summed E-state index contributed by atoms with van der Waals surface area (Å²) in [4.78, 5) is 6.21. The lowest BCUT2D eigenvalue weighted by Gasteiger charge is -2.24. The Hall–Kier alpha value is -0.350. The highest BCUT2D eigenvalue weighted by Gasteiger charge is 2.03. The summed E-state index contributed by atoms with van der Waals surface area (Å²) in [6, 6.07) is 0. The zero-order chi connectivity index (χ0) is 8.10. The first kappa shape index (κ1) is 8.74. The van der Waals surface area contributed by atoms with Crippen LogP contribution < -0.4 is 5.32 Å². The summed E-state index contributed by atoms with van der Waals surface area (Å²) >= 11 is 3.17. The Morgan fingerprint density at radius 1 is 1.55 bits per heavy atom. The number of hydrogen-bond donors (Lipinski definition) is 1. The second kappa shape index (κ2) is 4.51. The summed E-state index contributed by atoms with van der Waals surface area (Å²) in [5, 5.41) is 3.26. The van der Waals surface area contributed by atoms with Gasteiger partial charge in [-0.25, -0.2) is 4.99 Å². The molecule has 62 valence electrons. The van der Waals surface area contributed by atoms with Crippen LogP contribution >= 0.6 is 15.9 Å². The Labute approximate surface area is 75.3 Å². The highest BCUT2D eigenvalue weighted by molar-refractivity contribution is 9.11. The molecule has 1 aliphatic heterocycles. The first-order chi connectivity index (χ1) is 5.29. The number of aliphatic imine (C=N–C) groups is 1. The molecule has 0 bridgehead atoms. The van der Waals surface area contributed by atoms with Crippen molar-refractivity contribution in [3.8, 4) is 0 Å². The summed E-state index contributed by atoms with van der Waals surface area (Å²) in [5.41, 5.74) is 0. The summed E-state index contributed by atoms with van der Waals surface area (Å²) in [6.07, 6.45) is 1.83. The molecule has 1 N–H and O–H groups in total. The molecule has 0 unspecified atom stereocenters. The van der Waals surface area contributed by atoms with Gasteiger partial charge in [-0.1, -0.05) is 6.58 Å². The third-order valence-corrected chi connectivity index (χ3v) is 1.72. The van der Waals surface area contributed by atoms with Crippen molar-refractivity contribution in [1.29, 1.82) is 0 Å². The molecule has 0 saturated carbocycles. The van der Waals surface area contributed by atoms with Crippen LogP contribution in [0, 0.1) is 0 Å². The molecule has 0 aromatic heterocycles. The van der Waals surface area contributed by atoms with E-state index in [2.05, 4.69) is 37.7 Å². The molecule has 0 aromatic rings. The minimum absolute atomic E-state index is 0.677. The summed E-state index contributed by atoms with van der Waals surface area (Å²) in [6.45, 7) is 7.76. The number of halogens is 1. The topological polar surface area (TPSA) is 27.6 Å². The molecular weight excluding hydrogens is 206 g/mol. The number of nitrogens with one attached hydrogen (secondary N) is 1. The van der Waals surface area contributed by atoms with Gasteiger partial charge in [-0.05, 0) is 15.9 Å². The second-order valence-corrected chi connectivity index (χ2v) is 3.32. The number of rotatable bonds is 2. The normalized spacial score (nSPS) is 19.2. The van der Waals surface area contributed by atoms with E-state index in [0.717, 1.165) is 26.2 Å². The minimum Gasteiger partial charge on any atom is -0.360 e. The van der Waals surface area contributed by atoms with Crippen molar-refractivity contribution < 1.29 is 0 Å². The van der Waals surface area contributed by atoms with Gasteiger partial charge < -0.3 is 10.2 Å². The van der Waals surface area contributed by atoms with E-state index in [4.69, 9.17) is 0 Å². The quantitative estimate of drug-likeness (QED) is 0.421. The Kier molecular flexibility index (Phi) is 3.59. The smallest absolute Gasteiger partial charge is 0.100 e. The Morgan fingerprint density at radius 2 is 2.18 bits per heavy atom. The van der Waals surface area contributed by atoms with Crippen LogP contribution in [0.3, 0.4) is 0 Å². The van der Waals surface area contributed by atoms with Crippen LogP contribution in [0.5, 0.6) is 0 Å². The fraction of sp³-hybridized carbons (Fsp3) is 0.571. The van der Waals surface area contributed by atoms with Crippen molar-refractivity contribution in [2.24, 2.45) is 4.99 Å². The van der Waals surface area contributed by atoms with Crippen LogP contribution in [-0.4, -0.2) is 37.4 Å². The van der Waals surface area contributed by atoms with Gasteiger partial charge in [-0.2, -0.15) is 0 Å². The van der Waals surface area contributed by atoms with Crippen LogP contribution in [0.15, 0.2) is 16.2 Å². The van der Waals surface area contributed by atoms with E-state index >= 15 is 0 Å². The third-order valence-electron chi connectivity index (χ3n) is 1.51. The van der Waals surface area contributed by atoms with E-state index < -0.39 is 0 Å². The van der Waals surface area contributed by atoms with Gasteiger partial charge in [0, 0.05) is 26.2 Å². The van der Waals surface area contributed by atoms with Crippen molar-refractivity contribution in [3.05, 3.63) is 11.2 Å². The average Bonchev–Trinajstić information content (AvgIpc) is 2.03. The lowest BCUT2D eigenvalue weighted by atomic mass is 10.4. The predicted octanol–water partition coefficient (Wildman–Crippen LogP) is 0.786. The van der Waals surface area contributed by atoms with Crippen LogP contribution in [-0.2, 0) is 0 Å². The molecule has 1 fully saturated rings. The predicted molar refractivity (Wildman–Crippen MR) is 51.0 cm³/mol. The summed E-state index contributed by atoms with van der Waals surface area (Å²) in [5.74, 6) is 0. The van der Waals surface area contributed by atoms with Gasteiger partial charge in [0.15, 0.2) is 0 Å². The van der Waals surface area contributed by atoms with Crippen molar-refractivity contribution in [2.45, 2.75) is 0 Å². The van der Waals surface area contributed by atoms with Crippen molar-refractivity contribution >= 4 is 22.3 Å². The van der Waals surface area contributed by atoms with E-state index in [1.165, 1.54) is 0 Å². The third kappa shape index (κ3) is 3.53. The molecule has 1 heterocycles. The fourth-order valence-corrected chi connectivity index (χ4v) is 1.03. The molecule has 0 radical (unpaired) electrons. The molecule has 1 saturated heterocycles. The van der Waals surface area contributed by atoms with Crippen molar-refractivity contribution in [3.63, 3.8) is 0 Å². The van der Waals surface area contributed by atoms with Gasteiger partial charge >= 0.3 is 0 Å². The summed E-state index contributed by atoms with van der Waals surface area (Å²) < 4.78 is 0.677. The van der Waals surface area contributed by atoms with E-state index in [0.29, 0.717) is 4.61 Å². The van der Waals surface area contributed by atoms with Gasteiger partial charge in [0.1, 0.15) is 4.61 Å². The van der Waals surface area contributed by atoms with Gasteiger partial charge in [0.05, 0.1) is 6.34 Å². The highest BCUT2D eigenvalue weighted by atomic mass is 79.9. The Balaban J connectivity index is 2.29. The molecule has 0 amide bonds. The molecule has 4 heteroatoms. The van der Waals surface area contributed by atoms with E-state index in [1.807, 2.05) is 6.34 Å². The zero-order valence-electron chi connectivity index (χ0n) is 6.39. The minimum atomic E-state index is 0.677. The maximum atomic E-state index is 4.04. The van der Waals surface area contributed by atoms with Gasteiger partial charge in [0.2, 0.25) is 0 Å². The maximum absolute atomic E-state index is 4.04. The van der Waals surface area contributed by atoms with Crippen LogP contribution in [0.1, 0.15) is 0 Å².